The number of halogens is 1. The third-order valence-corrected chi connectivity index (χ3v) is 3.11. The van der Waals surface area contributed by atoms with E-state index in [-0.39, 0.29) is 6.42 Å². The van der Waals surface area contributed by atoms with Gasteiger partial charge in [0.05, 0.1) is 12.3 Å². The van der Waals surface area contributed by atoms with E-state index in [1.54, 1.807) is 18.2 Å². The smallest absolute Gasteiger partial charge is 0.254 e. The first-order chi connectivity index (χ1) is 11.2. The molecule has 0 heterocycles. The zero-order valence-electron chi connectivity index (χ0n) is 12.2. The number of hydrogen-bond acceptors (Lipinski definition) is 4. The van der Waals surface area contributed by atoms with E-state index in [1.807, 2.05) is 36.4 Å². The van der Waals surface area contributed by atoms with Crippen molar-refractivity contribution in [1.82, 2.24) is 5.43 Å². The highest BCUT2D eigenvalue weighted by atomic mass is 35.5. The van der Waals surface area contributed by atoms with Crippen LogP contribution < -0.4 is 10.2 Å². The molecule has 0 fully saturated rings. The first-order valence-electron chi connectivity index (χ1n) is 6.84. The van der Waals surface area contributed by atoms with Crippen LogP contribution in [0.1, 0.15) is 17.5 Å². The van der Waals surface area contributed by atoms with E-state index in [4.69, 9.17) is 21.6 Å². The van der Waals surface area contributed by atoms with E-state index in [9.17, 15) is 4.79 Å². The monoisotopic (exact) mass is 327 g/mol. The Morgan fingerprint density at radius 1 is 1.26 bits per heavy atom. The maximum absolute atomic E-state index is 11.2. The molecular formula is C17H14ClN3O2. The van der Waals surface area contributed by atoms with E-state index >= 15 is 0 Å². The molecule has 0 radical (unpaired) electrons. The summed E-state index contributed by atoms with van der Waals surface area (Å²) in [5, 5.41) is 12.9. The van der Waals surface area contributed by atoms with Gasteiger partial charge in [0.1, 0.15) is 18.8 Å². The van der Waals surface area contributed by atoms with Gasteiger partial charge in [-0.2, -0.15) is 10.4 Å². The molecule has 1 amide bonds. The summed E-state index contributed by atoms with van der Waals surface area (Å²) in [4.78, 5) is 11.2. The van der Waals surface area contributed by atoms with Crippen molar-refractivity contribution in [3.63, 3.8) is 0 Å². The minimum atomic E-state index is -0.455. The van der Waals surface area contributed by atoms with Gasteiger partial charge in [-0.05, 0) is 29.8 Å². The van der Waals surface area contributed by atoms with E-state index in [0.29, 0.717) is 17.4 Å². The SMILES string of the molecule is N#CCC(=O)NN=Cc1ccccc1OCc1ccc(Cl)cc1. The lowest BCUT2D eigenvalue weighted by atomic mass is 10.2. The number of nitriles is 1. The van der Waals surface area contributed by atoms with Crippen LogP contribution in [0, 0.1) is 11.3 Å². The van der Waals surface area contributed by atoms with E-state index in [1.165, 1.54) is 6.21 Å². The van der Waals surface area contributed by atoms with Crippen LogP contribution in [0.2, 0.25) is 5.02 Å². The van der Waals surface area contributed by atoms with Gasteiger partial charge < -0.3 is 4.74 Å². The van der Waals surface area contributed by atoms with Crippen molar-refractivity contribution in [2.45, 2.75) is 13.0 Å². The van der Waals surface area contributed by atoms with E-state index in [2.05, 4.69) is 10.5 Å². The van der Waals surface area contributed by atoms with Gasteiger partial charge >= 0.3 is 0 Å². The number of nitrogens with one attached hydrogen (secondary N) is 1. The Balaban J connectivity index is 1.99. The van der Waals surface area contributed by atoms with Crippen LogP contribution in [0.15, 0.2) is 53.6 Å². The quantitative estimate of drug-likeness (QED) is 0.653. The molecule has 2 aromatic carbocycles. The molecule has 0 saturated carbocycles. The van der Waals surface area contributed by atoms with Crippen LogP contribution in [-0.4, -0.2) is 12.1 Å². The normalized spacial score (nSPS) is 10.3. The van der Waals surface area contributed by atoms with Crippen molar-refractivity contribution < 1.29 is 9.53 Å². The summed E-state index contributed by atoms with van der Waals surface area (Å²) < 4.78 is 5.77. The summed E-state index contributed by atoms with van der Waals surface area (Å²) in [6.45, 7) is 0.392. The standard InChI is InChI=1S/C17H14ClN3O2/c18-15-7-5-13(6-8-15)12-23-16-4-2-1-3-14(16)11-20-21-17(22)9-10-19/h1-8,11H,9,12H2,(H,21,22). The van der Waals surface area contributed by atoms with Crippen molar-refractivity contribution in [2.75, 3.05) is 0 Å². The lowest BCUT2D eigenvalue weighted by Gasteiger charge is -2.09. The van der Waals surface area contributed by atoms with Crippen LogP contribution in [0.5, 0.6) is 5.75 Å². The van der Waals surface area contributed by atoms with Crippen molar-refractivity contribution in [1.29, 1.82) is 5.26 Å². The highest BCUT2D eigenvalue weighted by Gasteiger charge is 2.02. The molecule has 0 atom stereocenters. The third-order valence-electron chi connectivity index (χ3n) is 2.86. The molecule has 5 nitrogen and oxygen atoms in total. The van der Waals surface area contributed by atoms with E-state index < -0.39 is 5.91 Å². The van der Waals surface area contributed by atoms with Gasteiger partial charge in [-0.15, -0.1) is 0 Å². The van der Waals surface area contributed by atoms with Crippen LogP contribution in [0.3, 0.4) is 0 Å². The number of carbonyl (C=O) groups excluding carboxylic acids is 1. The average Bonchev–Trinajstić information content (AvgIpc) is 2.56. The highest BCUT2D eigenvalue weighted by Crippen LogP contribution is 2.18. The second kappa shape index (κ2) is 8.57. The maximum atomic E-state index is 11.2. The molecule has 1 N–H and O–H groups in total. The minimum absolute atomic E-state index is 0.230. The first-order valence-corrected chi connectivity index (χ1v) is 7.22. The zero-order valence-corrected chi connectivity index (χ0v) is 13.0. The summed E-state index contributed by atoms with van der Waals surface area (Å²) in [5.41, 5.74) is 3.99. The number of rotatable bonds is 6. The van der Waals surface area contributed by atoms with Crippen LogP contribution in [-0.2, 0) is 11.4 Å². The summed E-state index contributed by atoms with van der Waals surface area (Å²) in [5.74, 6) is 0.184. The Morgan fingerprint density at radius 3 is 2.74 bits per heavy atom. The Morgan fingerprint density at radius 2 is 2.00 bits per heavy atom. The molecule has 0 aromatic heterocycles. The van der Waals surface area contributed by atoms with Gasteiger partial charge in [-0.25, -0.2) is 5.43 Å². The fraction of sp³-hybridized carbons (Fsp3) is 0.118. The number of hydrogen-bond donors (Lipinski definition) is 1. The van der Waals surface area contributed by atoms with Crippen molar-refractivity contribution >= 4 is 23.7 Å². The lowest BCUT2D eigenvalue weighted by Crippen LogP contribution is -2.16. The van der Waals surface area contributed by atoms with Crippen LogP contribution in [0.4, 0.5) is 0 Å². The first kappa shape index (κ1) is 16.5. The predicted octanol–water partition coefficient (Wildman–Crippen LogP) is 3.28. The third kappa shape index (κ3) is 5.46. The van der Waals surface area contributed by atoms with Crippen molar-refractivity contribution in [3.8, 4) is 11.8 Å². The molecule has 0 aliphatic heterocycles. The number of carbonyl (C=O) groups is 1. The Hall–Kier alpha value is -2.84. The average molecular weight is 328 g/mol. The van der Waals surface area contributed by atoms with Crippen molar-refractivity contribution in [2.24, 2.45) is 5.10 Å². The highest BCUT2D eigenvalue weighted by molar-refractivity contribution is 6.30. The maximum Gasteiger partial charge on any atom is 0.254 e. The number of ether oxygens (including phenoxy) is 1. The molecule has 116 valence electrons. The molecule has 6 heteroatoms. The Labute approximate surface area is 139 Å². The van der Waals surface area contributed by atoms with E-state index in [0.717, 1.165) is 11.1 Å². The fourth-order valence-electron chi connectivity index (χ4n) is 1.75. The van der Waals surface area contributed by atoms with Gasteiger partial charge in [-0.3, -0.25) is 4.79 Å². The molecule has 23 heavy (non-hydrogen) atoms. The summed E-state index contributed by atoms with van der Waals surface area (Å²) in [6, 6.07) is 16.5. The lowest BCUT2D eigenvalue weighted by molar-refractivity contribution is -0.120. The fourth-order valence-corrected chi connectivity index (χ4v) is 1.87. The second-order valence-electron chi connectivity index (χ2n) is 4.58. The summed E-state index contributed by atoms with van der Waals surface area (Å²) in [6.07, 6.45) is 1.25. The molecule has 2 rings (SSSR count). The van der Waals surface area contributed by atoms with Crippen LogP contribution >= 0.6 is 11.6 Å². The molecule has 0 bridgehead atoms. The number of hydrazone groups is 1. The number of para-hydroxylation sites is 1. The van der Waals surface area contributed by atoms with Gasteiger partial charge in [-0.1, -0.05) is 35.9 Å². The topological polar surface area (TPSA) is 74.5 Å². The second-order valence-corrected chi connectivity index (χ2v) is 5.02. The van der Waals surface area contributed by atoms with Gasteiger partial charge in [0.15, 0.2) is 0 Å². The zero-order chi connectivity index (χ0) is 16.5. The molecule has 0 aliphatic carbocycles. The number of nitrogens with zero attached hydrogens (tertiary/aromatic N) is 2. The van der Waals surface area contributed by atoms with Gasteiger partial charge in [0, 0.05) is 10.6 Å². The minimum Gasteiger partial charge on any atom is -0.488 e. The largest absolute Gasteiger partial charge is 0.488 e. The molecule has 0 aliphatic rings. The molecular weight excluding hydrogens is 314 g/mol. The van der Waals surface area contributed by atoms with Gasteiger partial charge in [0.2, 0.25) is 0 Å². The molecule has 0 saturated heterocycles. The Bertz CT molecular complexity index is 736. The predicted molar refractivity (Wildman–Crippen MR) is 88.2 cm³/mol. The number of amides is 1. The Kier molecular flexibility index (Phi) is 6.16. The summed E-state index contributed by atoms with van der Waals surface area (Å²) in [7, 11) is 0. The summed E-state index contributed by atoms with van der Waals surface area (Å²) >= 11 is 5.85. The van der Waals surface area contributed by atoms with Crippen molar-refractivity contribution in [3.05, 3.63) is 64.7 Å². The van der Waals surface area contributed by atoms with Crippen LogP contribution in [0.25, 0.3) is 0 Å². The number of benzene rings is 2. The molecule has 0 unspecified atom stereocenters. The van der Waals surface area contributed by atoms with Gasteiger partial charge in [0.25, 0.3) is 5.91 Å². The molecule has 2 aromatic rings. The molecule has 0 spiro atoms.